The standard InChI is InChI=1S/C18H27N3O3.ClH/c1-3-21(4-2)18(23)14-7-5-8-15(11-14)20-17(22)13-19-12-16-9-6-10-24-16;/h5,7-8,11,16,19H,3-4,6,9-10,12-13H2,1-2H3,(H,20,22);1H. The number of ether oxygens (including phenoxy) is 1. The van der Waals surface area contributed by atoms with Crippen molar-refractivity contribution in [1.29, 1.82) is 0 Å². The molecule has 0 saturated carbocycles. The first-order valence-electron chi connectivity index (χ1n) is 8.65. The summed E-state index contributed by atoms with van der Waals surface area (Å²) in [7, 11) is 0. The summed E-state index contributed by atoms with van der Waals surface area (Å²) in [5, 5.41) is 5.93. The van der Waals surface area contributed by atoms with E-state index in [1.807, 2.05) is 13.8 Å². The summed E-state index contributed by atoms with van der Waals surface area (Å²) < 4.78 is 5.50. The molecule has 1 aromatic carbocycles. The second kappa shape index (κ2) is 11.1. The Balaban J connectivity index is 0.00000312. The molecule has 0 aromatic heterocycles. The summed E-state index contributed by atoms with van der Waals surface area (Å²) in [6, 6.07) is 7.06. The van der Waals surface area contributed by atoms with Gasteiger partial charge in [0.15, 0.2) is 0 Å². The number of amides is 2. The van der Waals surface area contributed by atoms with Crippen LogP contribution in [0.15, 0.2) is 24.3 Å². The lowest BCUT2D eigenvalue weighted by Gasteiger charge is -2.19. The molecule has 2 N–H and O–H groups in total. The highest BCUT2D eigenvalue weighted by molar-refractivity contribution is 5.97. The summed E-state index contributed by atoms with van der Waals surface area (Å²) in [5.41, 5.74) is 1.22. The number of halogens is 1. The molecule has 1 atom stereocenters. The first kappa shape index (κ1) is 21.4. The number of hydrogen-bond donors (Lipinski definition) is 2. The zero-order valence-corrected chi connectivity index (χ0v) is 15.7. The number of benzene rings is 1. The molecule has 2 rings (SSSR count). The van der Waals surface area contributed by atoms with Crippen molar-refractivity contribution in [3.63, 3.8) is 0 Å². The molecule has 1 aliphatic rings. The van der Waals surface area contributed by atoms with Gasteiger partial charge in [-0.25, -0.2) is 0 Å². The molecule has 1 aliphatic heterocycles. The van der Waals surface area contributed by atoms with E-state index in [0.717, 1.165) is 19.4 Å². The summed E-state index contributed by atoms with van der Waals surface area (Å²) in [5.74, 6) is -0.145. The van der Waals surface area contributed by atoms with Gasteiger partial charge in [0.25, 0.3) is 5.91 Å². The van der Waals surface area contributed by atoms with E-state index < -0.39 is 0 Å². The number of rotatable bonds is 8. The molecule has 140 valence electrons. The van der Waals surface area contributed by atoms with Crippen molar-refractivity contribution < 1.29 is 14.3 Å². The van der Waals surface area contributed by atoms with Crippen LogP contribution in [-0.4, -0.2) is 55.6 Å². The van der Waals surface area contributed by atoms with Crippen LogP contribution in [0.1, 0.15) is 37.0 Å². The van der Waals surface area contributed by atoms with Gasteiger partial charge < -0.3 is 20.3 Å². The highest BCUT2D eigenvalue weighted by Crippen LogP contribution is 2.13. The number of hydrogen-bond acceptors (Lipinski definition) is 4. The molecule has 2 amide bonds. The minimum atomic E-state index is -0.125. The van der Waals surface area contributed by atoms with Crippen molar-refractivity contribution in [2.75, 3.05) is 38.1 Å². The van der Waals surface area contributed by atoms with Crippen LogP contribution in [0.3, 0.4) is 0 Å². The van der Waals surface area contributed by atoms with Crippen molar-refractivity contribution in [3.8, 4) is 0 Å². The summed E-state index contributed by atoms with van der Waals surface area (Å²) >= 11 is 0. The molecule has 0 spiro atoms. The zero-order chi connectivity index (χ0) is 17.4. The normalized spacial score (nSPS) is 16.2. The Kier molecular flexibility index (Phi) is 9.49. The molecule has 0 bridgehead atoms. The minimum absolute atomic E-state index is 0. The number of nitrogens with zero attached hydrogens (tertiary/aromatic N) is 1. The summed E-state index contributed by atoms with van der Waals surface area (Å²) in [6.45, 7) is 6.96. The Bertz CT molecular complexity index is 558. The molecule has 0 aliphatic carbocycles. The minimum Gasteiger partial charge on any atom is -0.377 e. The molecule has 6 nitrogen and oxygen atoms in total. The Hall–Kier alpha value is -1.63. The lowest BCUT2D eigenvalue weighted by molar-refractivity contribution is -0.115. The molecule has 1 heterocycles. The smallest absolute Gasteiger partial charge is 0.253 e. The predicted octanol–water partition coefficient (Wildman–Crippen LogP) is 2.30. The fraction of sp³-hybridized carbons (Fsp3) is 0.556. The van der Waals surface area contributed by atoms with Crippen molar-refractivity contribution in [3.05, 3.63) is 29.8 Å². The van der Waals surface area contributed by atoms with Gasteiger partial charge in [-0.3, -0.25) is 9.59 Å². The van der Waals surface area contributed by atoms with Gasteiger partial charge in [-0.15, -0.1) is 12.4 Å². The second-order valence-corrected chi connectivity index (χ2v) is 5.87. The Morgan fingerprint density at radius 1 is 1.28 bits per heavy atom. The fourth-order valence-electron chi connectivity index (χ4n) is 2.78. The van der Waals surface area contributed by atoms with Crippen molar-refractivity contribution in [2.45, 2.75) is 32.8 Å². The molecule has 1 fully saturated rings. The predicted molar refractivity (Wildman–Crippen MR) is 101 cm³/mol. The van der Waals surface area contributed by atoms with E-state index in [0.29, 0.717) is 30.9 Å². The van der Waals surface area contributed by atoms with E-state index in [-0.39, 0.29) is 36.9 Å². The fourth-order valence-corrected chi connectivity index (χ4v) is 2.78. The molecule has 1 unspecified atom stereocenters. The highest BCUT2D eigenvalue weighted by Gasteiger charge is 2.16. The highest BCUT2D eigenvalue weighted by atomic mass is 35.5. The van der Waals surface area contributed by atoms with Gasteiger partial charge >= 0.3 is 0 Å². The first-order valence-corrected chi connectivity index (χ1v) is 8.65. The summed E-state index contributed by atoms with van der Waals surface area (Å²) in [4.78, 5) is 26.1. The molecule has 1 aromatic rings. The molecule has 7 heteroatoms. The third-order valence-electron chi connectivity index (χ3n) is 4.13. The topological polar surface area (TPSA) is 70.7 Å². The van der Waals surface area contributed by atoms with Crippen LogP contribution < -0.4 is 10.6 Å². The Morgan fingerprint density at radius 3 is 2.68 bits per heavy atom. The van der Waals surface area contributed by atoms with Gasteiger partial charge in [0.2, 0.25) is 5.91 Å². The number of carbonyl (C=O) groups excluding carboxylic acids is 2. The van der Waals surface area contributed by atoms with Crippen molar-refractivity contribution in [2.24, 2.45) is 0 Å². The molecule has 25 heavy (non-hydrogen) atoms. The SMILES string of the molecule is CCN(CC)C(=O)c1cccc(NC(=O)CNCC2CCCO2)c1.Cl. The van der Waals surface area contributed by atoms with Crippen LogP contribution in [0.5, 0.6) is 0 Å². The van der Waals surface area contributed by atoms with Crippen molar-refractivity contribution in [1.82, 2.24) is 10.2 Å². The average molecular weight is 370 g/mol. The molecular formula is C18H28ClN3O3. The molecular weight excluding hydrogens is 342 g/mol. The van der Waals surface area contributed by atoms with Crippen LogP contribution in [-0.2, 0) is 9.53 Å². The number of anilines is 1. The lowest BCUT2D eigenvalue weighted by Crippen LogP contribution is -2.33. The largest absolute Gasteiger partial charge is 0.377 e. The van der Waals surface area contributed by atoms with Crippen LogP contribution in [0.25, 0.3) is 0 Å². The third kappa shape index (κ3) is 6.65. The maximum absolute atomic E-state index is 12.4. The van der Waals surface area contributed by atoms with E-state index >= 15 is 0 Å². The molecule has 1 saturated heterocycles. The lowest BCUT2D eigenvalue weighted by atomic mass is 10.1. The van der Waals surface area contributed by atoms with Gasteiger partial charge in [-0.2, -0.15) is 0 Å². The maximum atomic E-state index is 12.4. The second-order valence-electron chi connectivity index (χ2n) is 5.87. The van der Waals surface area contributed by atoms with Gasteiger partial charge in [-0.05, 0) is 44.9 Å². The van der Waals surface area contributed by atoms with E-state index in [9.17, 15) is 9.59 Å². The van der Waals surface area contributed by atoms with Crippen LogP contribution in [0.2, 0.25) is 0 Å². The van der Waals surface area contributed by atoms with Gasteiger partial charge in [0, 0.05) is 37.5 Å². The van der Waals surface area contributed by atoms with Crippen LogP contribution >= 0.6 is 12.4 Å². The van der Waals surface area contributed by atoms with E-state index in [1.54, 1.807) is 29.2 Å². The number of carbonyl (C=O) groups is 2. The van der Waals surface area contributed by atoms with Gasteiger partial charge in [-0.1, -0.05) is 6.07 Å². The van der Waals surface area contributed by atoms with Crippen LogP contribution in [0, 0.1) is 0 Å². The molecule has 0 radical (unpaired) electrons. The van der Waals surface area contributed by atoms with E-state index in [1.165, 1.54) is 0 Å². The average Bonchev–Trinajstić information content (AvgIpc) is 3.09. The van der Waals surface area contributed by atoms with Crippen LogP contribution in [0.4, 0.5) is 5.69 Å². The first-order chi connectivity index (χ1) is 11.6. The quantitative estimate of drug-likeness (QED) is 0.737. The number of nitrogens with one attached hydrogen (secondary N) is 2. The zero-order valence-electron chi connectivity index (χ0n) is 14.9. The van der Waals surface area contributed by atoms with Gasteiger partial charge in [0.05, 0.1) is 12.6 Å². The van der Waals surface area contributed by atoms with E-state index in [2.05, 4.69) is 10.6 Å². The van der Waals surface area contributed by atoms with Gasteiger partial charge in [0.1, 0.15) is 0 Å². The maximum Gasteiger partial charge on any atom is 0.253 e. The monoisotopic (exact) mass is 369 g/mol. The third-order valence-corrected chi connectivity index (χ3v) is 4.13. The Labute approximate surface area is 155 Å². The summed E-state index contributed by atoms with van der Waals surface area (Å²) in [6.07, 6.45) is 2.35. The van der Waals surface area contributed by atoms with Crippen molar-refractivity contribution >= 4 is 29.9 Å². The Morgan fingerprint density at radius 2 is 2.04 bits per heavy atom. The van der Waals surface area contributed by atoms with E-state index in [4.69, 9.17) is 4.74 Å².